The molecule has 2 N–H and O–H groups in total. The highest BCUT2D eigenvalue weighted by molar-refractivity contribution is 6.30. The van der Waals surface area contributed by atoms with E-state index in [4.69, 9.17) is 16.3 Å². The molecule has 4 aromatic rings. The van der Waals surface area contributed by atoms with Crippen molar-refractivity contribution in [2.45, 2.75) is 6.18 Å². The van der Waals surface area contributed by atoms with Gasteiger partial charge in [0.25, 0.3) is 5.56 Å². The number of nitrogens with zero attached hydrogens (tertiary/aromatic N) is 2. The molecule has 11 heteroatoms. The maximum absolute atomic E-state index is 13.8. The van der Waals surface area contributed by atoms with Crippen LogP contribution in [0, 0.1) is 0 Å². The molecule has 0 spiro atoms. The Morgan fingerprint density at radius 3 is 2.36 bits per heavy atom. The van der Waals surface area contributed by atoms with Gasteiger partial charge in [0, 0.05) is 29.4 Å². The molecule has 2 aromatic heterocycles. The molecule has 33 heavy (non-hydrogen) atoms. The fourth-order valence-electron chi connectivity index (χ4n) is 3.33. The third-order valence-electron chi connectivity index (χ3n) is 4.77. The minimum Gasteiger partial charge on any atom is -0.375 e. The van der Waals surface area contributed by atoms with Crippen molar-refractivity contribution in [2.75, 3.05) is 19.0 Å². The van der Waals surface area contributed by atoms with Crippen molar-refractivity contribution < 1.29 is 22.7 Å². The van der Waals surface area contributed by atoms with E-state index in [-0.39, 0.29) is 35.0 Å². The zero-order valence-electron chi connectivity index (χ0n) is 17.0. The van der Waals surface area contributed by atoms with Crippen LogP contribution in [0.5, 0.6) is 0 Å². The number of methoxy groups -OCH3 is 1. The molecule has 0 bridgehead atoms. The van der Waals surface area contributed by atoms with Crippen molar-refractivity contribution >= 4 is 28.8 Å². The van der Waals surface area contributed by atoms with Gasteiger partial charge in [0.1, 0.15) is 12.3 Å². The highest BCUT2D eigenvalue weighted by Gasteiger charge is 2.38. The number of hydrogen-bond acceptors (Lipinski definition) is 4. The van der Waals surface area contributed by atoms with Crippen LogP contribution in [0.4, 0.5) is 18.9 Å². The lowest BCUT2D eigenvalue weighted by molar-refractivity contribution is -0.140. The maximum Gasteiger partial charge on any atom is 0.433 e. The van der Waals surface area contributed by atoms with Crippen molar-refractivity contribution in [1.82, 2.24) is 14.6 Å². The monoisotopic (exact) mass is 476 g/mol. The minimum atomic E-state index is -4.75. The fourth-order valence-corrected chi connectivity index (χ4v) is 3.46. The zero-order chi connectivity index (χ0) is 23.8. The Kier molecular flexibility index (Phi) is 5.96. The van der Waals surface area contributed by atoms with Gasteiger partial charge in [-0.05, 0) is 29.8 Å². The Morgan fingerprint density at radius 1 is 1.12 bits per heavy atom. The van der Waals surface area contributed by atoms with Crippen molar-refractivity contribution in [3.63, 3.8) is 0 Å². The van der Waals surface area contributed by atoms with Crippen LogP contribution in [0.1, 0.15) is 5.69 Å². The first-order valence-corrected chi connectivity index (χ1v) is 9.93. The second-order valence-electron chi connectivity index (χ2n) is 7.06. The lowest BCUT2D eigenvalue weighted by Crippen LogP contribution is -2.17. The molecule has 0 aliphatic heterocycles. The molecule has 0 atom stereocenters. The van der Waals surface area contributed by atoms with Gasteiger partial charge in [-0.1, -0.05) is 35.9 Å². The average Bonchev–Trinajstić information content (AvgIpc) is 3.16. The highest BCUT2D eigenvalue weighted by Crippen LogP contribution is 2.38. The van der Waals surface area contributed by atoms with E-state index < -0.39 is 17.4 Å². The summed E-state index contributed by atoms with van der Waals surface area (Å²) in [6.07, 6.45) is -4.75. The van der Waals surface area contributed by atoms with Gasteiger partial charge in [0.05, 0.1) is 11.3 Å². The number of aromatic amines is 1. The number of H-pyrrole nitrogens is 1. The highest BCUT2D eigenvalue weighted by atomic mass is 35.5. The number of rotatable bonds is 5. The van der Waals surface area contributed by atoms with Gasteiger partial charge in [-0.15, -0.1) is 0 Å². The minimum absolute atomic E-state index is 0.112. The molecule has 170 valence electrons. The van der Waals surface area contributed by atoms with Crippen molar-refractivity contribution in [2.24, 2.45) is 0 Å². The van der Waals surface area contributed by atoms with E-state index in [0.717, 1.165) is 10.6 Å². The molecule has 2 aromatic carbocycles. The number of halogens is 4. The number of amides is 1. The Hall–Kier alpha value is -3.63. The summed E-state index contributed by atoms with van der Waals surface area (Å²) >= 11 is 5.88. The summed E-state index contributed by atoms with van der Waals surface area (Å²) in [5, 5.41) is 5.11. The average molecular weight is 477 g/mol. The summed E-state index contributed by atoms with van der Waals surface area (Å²) in [4.78, 5) is 28.7. The van der Waals surface area contributed by atoms with Gasteiger partial charge in [-0.2, -0.15) is 13.2 Å². The van der Waals surface area contributed by atoms with Gasteiger partial charge in [-0.3, -0.25) is 14.7 Å². The summed E-state index contributed by atoms with van der Waals surface area (Å²) in [7, 11) is 1.40. The number of carbonyl (C=O) groups excluding carboxylic acids is 1. The van der Waals surface area contributed by atoms with Gasteiger partial charge >= 0.3 is 6.18 Å². The SMILES string of the molecule is COCC(=O)Nc1ccc(-c2cc(=O)n3[nH]c(C(F)(F)F)c(-c4ccc(Cl)cc4)c3n2)cc1. The number of benzene rings is 2. The molecular weight excluding hydrogens is 461 g/mol. The third-order valence-corrected chi connectivity index (χ3v) is 5.02. The molecule has 0 saturated carbocycles. The Morgan fingerprint density at radius 2 is 1.76 bits per heavy atom. The summed E-state index contributed by atoms with van der Waals surface area (Å²) in [5.41, 5.74) is -0.895. The first kappa shape index (κ1) is 22.6. The van der Waals surface area contributed by atoms with Gasteiger partial charge < -0.3 is 10.1 Å². The van der Waals surface area contributed by atoms with Crippen LogP contribution in [0.15, 0.2) is 59.4 Å². The molecule has 2 heterocycles. The van der Waals surface area contributed by atoms with E-state index in [9.17, 15) is 22.8 Å². The van der Waals surface area contributed by atoms with Crippen LogP contribution < -0.4 is 10.9 Å². The fraction of sp³-hybridized carbons (Fsp3) is 0.136. The lowest BCUT2D eigenvalue weighted by Gasteiger charge is -2.08. The zero-order valence-corrected chi connectivity index (χ0v) is 17.8. The standard InChI is InChI=1S/C22H16ClF3N4O3/c1-33-11-17(31)27-15-8-4-12(5-9-15)16-10-18(32)30-21(28-16)19(20(29-30)22(24,25)26)13-2-6-14(23)7-3-13/h2-10,29H,11H2,1H3,(H,27,31). The number of nitrogens with one attached hydrogen (secondary N) is 2. The van der Waals surface area contributed by atoms with Gasteiger partial charge in [-0.25, -0.2) is 9.50 Å². The Balaban J connectivity index is 1.84. The number of fused-ring (bicyclic) bond motifs is 1. The summed E-state index contributed by atoms with van der Waals surface area (Å²) in [6, 6.07) is 13.3. The number of ether oxygens (including phenoxy) is 1. The first-order valence-electron chi connectivity index (χ1n) is 9.55. The number of anilines is 1. The molecule has 0 aliphatic carbocycles. The van der Waals surface area contributed by atoms with E-state index in [1.54, 1.807) is 24.3 Å². The molecule has 7 nitrogen and oxygen atoms in total. The molecular formula is C22H16ClF3N4O3. The molecule has 0 fully saturated rings. The smallest absolute Gasteiger partial charge is 0.375 e. The quantitative estimate of drug-likeness (QED) is 0.440. The van der Waals surface area contributed by atoms with Crippen molar-refractivity contribution in [1.29, 1.82) is 0 Å². The van der Waals surface area contributed by atoms with Gasteiger partial charge in [0.15, 0.2) is 5.65 Å². The van der Waals surface area contributed by atoms with E-state index in [2.05, 4.69) is 15.4 Å². The van der Waals surface area contributed by atoms with Crippen LogP contribution in [-0.2, 0) is 15.7 Å². The molecule has 4 rings (SSSR count). The first-order chi connectivity index (χ1) is 15.7. The van der Waals surface area contributed by atoms with Crippen LogP contribution in [0.2, 0.25) is 5.02 Å². The number of aromatic nitrogens is 3. The predicted molar refractivity (Wildman–Crippen MR) is 117 cm³/mol. The van der Waals surface area contributed by atoms with Crippen LogP contribution >= 0.6 is 11.6 Å². The number of alkyl halides is 3. The van der Waals surface area contributed by atoms with Crippen LogP contribution in [0.3, 0.4) is 0 Å². The van der Waals surface area contributed by atoms with Crippen LogP contribution in [0.25, 0.3) is 28.0 Å². The number of hydrogen-bond donors (Lipinski definition) is 2. The molecule has 1 amide bonds. The van der Waals surface area contributed by atoms with E-state index in [1.165, 1.54) is 31.4 Å². The molecule has 0 saturated heterocycles. The molecule has 0 unspecified atom stereocenters. The maximum atomic E-state index is 13.8. The topological polar surface area (TPSA) is 88.5 Å². The summed E-state index contributed by atoms with van der Waals surface area (Å²) in [5.74, 6) is -0.345. The van der Waals surface area contributed by atoms with Gasteiger partial charge in [0.2, 0.25) is 5.91 Å². The summed E-state index contributed by atoms with van der Waals surface area (Å²) < 4.78 is 46.8. The second kappa shape index (κ2) is 8.72. The van der Waals surface area contributed by atoms with Crippen LogP contribution in [-0.4, -0.2) is 34.2 Å². The van der Waals surface area contributed by atoms with E-state index >= 15 is 0 Å². The summed E-state index contributed by atoms with van der Waals surface area (Å²) in [6.45, 7) is -0.112. The normalized spacial score (nSPS) is 11.7. The van der Waals surface area contributed by atoms with E-state index in [1.807, 2.05) is 0 Å². The Labute approximate surface area is 189 Å². The number of carbonyl (C=O) groups is 1. The second-order valence-corrected chi connectivity index (χ2v) is 7.50. The molecule has 0 aliphatic rings. The lowest BCUT2D eigenvalue weighted by atomic mass is 10.1. The predicted octanol–water partition coefficient (Wildman–Crippen LogP) is 4.61. The largest absolute Gasteiger partial charge is 0.433 e. The molecule has 0 radical (unpaired) electrons. The van der Waals surface area contributed by atoms with Crippen molar-refractivity contribution in [3.8, 4) is 22.4 Å². The van der Waals surface area contributed by atoms with E-state index in [0.29, 0.717) is 16.3 Å². The Bertz CT molecular complexity index is 1380. The van der Waals surface area contributed by atoms with Crippen molar-refractivity contribution in [3.05, 3.63) is 75.7 Å². The third kappa shape index (κ3) is 4.62.